The van der Waals surface area contributed by atoms with E-state index in [2.05, 4.69) is 5.32 Å². The van der Waals surface area contributed by atoms with Gasteiger partial charge in [0.2, 0.25) is 0 Å². The fourth-order valence-electron chi connectivity index (χ4n) is 3.05. The topological polar surface area (TPSA) is 155 Å². The van der Waals surface area contributed by atoms with Gasteiger partial charge in [0.1, 0.15) is 6.04 Å². The first-order valence-corrected chi connectivity index (χ1v) is 12.7. The number of nitrogens with one attached hydrogen (secondary N) is 1. The largest absolute Gasteiger partial charge is 0.480 e. The van der Waals surface area contributed by atoms with E-state index in [4.69, 9.17) is 18.5 Å². The maximum absolute atomic E-state index is 12.7. The van der Waals surface area contributed by atoms with Crippen molar-refractivity contribution in [1.29, 1.82) is 0 Å². The Labute approximate surface area is 198 Å². The monoisotopic (exact) mass is 501 g/mol. The normalized spacial score (nSPS) is 12.9. The molecule has 2 N–H and O–H groups in total. The molecule has 0 aliphatic rings. The highest BCUT2D eigenvalue weighted by Crippen LogP contribution is 2.51. The molecule has 0 aliphatic heterocycles. The van der Waals surface area contributed by atoms with E-state index in [0.29, 0.717) is 5.56 Å². The van der Waals surface area contributed by atoms with Crippen LogP contribution in [0.4, 0.5) is 0 Å². The molecule has 0 unspecified atom stereocenters. The van der Waals surface area contributed by atoms with Crippen molar-refractivity contribution in [3.63, 3.8) is 0 Å². The molecule has 1 aromatic carbocycles. The van der Waals surface area contributed by atoms with Crippen molar-refractivity contribution in [3.05, 3.63) is 35.4 Å². The first-order chi connectivity index (χ1) is 16.1. The van der Waals surface area contributed by atoms with Gasteiger partial charge in [-0.15, -0.1) is 0 Å². The number of carboxylic acid groups (broad SMARTS) is 1. The molecule has 0 fully saturated rings. The number of carboxylic acids is 1. The fourth-order valence-corrected chi connectivity index (χ4v) is 4.75. The highest BCUT2D eigenvalue weighted by atomic mass is 31.2. The molecule has 11 nitrogen and oxygen atoms in total. The average Bonchev–Trinajstić information content (AvgIpc) is 2.76. The van der Waals surface area contributed by atoms with Gasteiger partial charge in [0.15, 0.2) is 0 Å². The number of aliphatic carboxylic acids is 1. The Bertz CT molecular complexity index is 876. The number of hydrogen-bond donors (Lipinski definition) is 2. The number of ether oxygens (including phenoxy) is 2. The van der Waals surface area contributed by atoms with E-state index in [9.17, 15) is 28.8 Å². The Kier molecular flexibility index (Phi) is 12.5. The number of rotatable bonds is 15. The summed E-state index contributed by atoms with van der Waals surface area (Å²) in [6.45, 7) is 6.93. The second-order valence-corrected chi connectivity index (χ2v) is 9.01. The van der Waals surface area contributed by atoms with Crippen LogP contribution in [0.2, 0.25) is 0 Å². The second kappa shape index (κ2) is 14.5. The number of benzene rings is 1. The zero-order valence-corrected chi connectivity index (χ0v) is 20.7. The number of carbonyl (C=O) groups is 4. The predicted molar refractivity (Wildman–Crippen MR) is 121 cm³/mol. The van der Waals surface area contributed by atoms with Gasteiger partial charge >= 0.3 is 25.5 Å². The van der Waals surface area contributed by atoms with Gasteiger partial charge in [0, 0.05) is 5.56 Å². The lowest BCUT2D eigenvalue weighted by molar-refractivity contribution is -0.159. The molecule has 0 saturated carbocycles. The van der Waals surface area contributed by atoms with Gasteiger partial charge in [-0.3, -0.25) is 18.9 Å². The molecule has 34 heavy (non-hydrogen) atoms. The highest BCUT2D eigenvalue weighted by Gasteiger charge is 2.38. The van der Waals surface area contributed by atoms with Crippen molar-refractivity contribution in [2.75, 3.05) is 26.4 Å². The van der Waals surface area contributed by atoms with Crippen LogP contribution in [0.1, 0.15) is 50.0 Å². The van der Waals surface area contributed by atoms with Crippen LogP contribution in [0.5, 0.6) is 0 Å². The number of carbonyl (C=O) groups excluding carboxylic acids is 3. The van der Waals surface area contributed by atoms with E-state index >= 15 is 0 Å². The van der Waals surface area contributed by atoms with Crippen molar-refractivity contribution in [3.8, 4) is 0 Å². The van der Waals surface area contributed by atoms with E-state index in [-0.39, 0.29) is 38.2 Å². The second-order valence-electron chi connectivity index (χ2n) is 6.96. The number of amides is 1. The summed E-state index contributed by atoms with van der Waals surface area (Å²) in [5, 5.41) is 11.9. The van der Waals surface area contributed by atoms with E-state index in [1.165, 1.54) is 31.2 Å². The van der Waals surface area contributed by atoms with E-state index in [0.717, 1.165) is 0 Å². The summed E-state index contributed by atoms with van der Waals surface area (Å²) in [6, 6.07) is 4.17. The van der Waals surface area contributed by atoms with Gasteiger partial charge < -0.3 is 28.9 Å². The zero-order valence-electron chi connectivity index (χ0n) is 19.8. The molecular weight excluding hydrogens is 469 g/mol. The van der Waals surface area contributed by atoms with Crippen LogP contribution < -0.4 is 5.32 Å². The quantitative estimate of drug-likeness (QED) is 0.271. The third kappa shape index (κ3) is 9.24. The van der Waals surface area contributed by atoms with Gasteiger partial charge in [-0.05, 0) is 45.4 Å². The molecule has 0 bridgehead atoms. The molecule has 0 saturated heterocycles. The Morgan fingerprint density at radius 1 is 0.912 bits per heavy atom. The summed E-state index contributed by atoms with van der Waals surface area (Å²) < 4.78 is 32.9. The summed E-state index contributed by atoms with van der Waals surface area (Å²) in [5.74, 6) is -5.51. The van der Waals surface area contributed by atoms with Crippen molar-refractivity contribution in [1.82, 2.24) is 5.32 Å². The molecule has 1 amide bonds. The average molecular weight is 501 g/mol. The summed E-state index contributed by atoms with van der Waals surface area (Å²) >= 11 is 0. The van der Waals surface area contributed by atoms with Crippen molar-refractivity contribution >= 4 is 31.4 Å². The molecule has 12 heteroatoms. The Morgan fingerprint density at radius 2 is 1.47 bits per heavy atom. The fraction of sp³-hybridized carbons (Fsp3) is 0.545. The Hall–Kier alpha value is -2.75. The summed E-state index contributed by atoms with van der Waals surface area (Å²) in [6.07, 6.45) is -0.578. The van der Waals surface area contributed by atoms with Gasteiger partial charge in [-0.25, -0.2) is 4.79 Å². The van der Waals surface area contributed by atoms with E-state index < -0.39 is 49.8 Å². The predicted octanol–water partition coefficient (Wildman–Crippen LogP) is 2.77. The lowest BCUT2D eigenvalue weighted by Crippen LogP contribution is -2.49. The minimum absolute atomic E-state index is 0.00119. The standard InChI is InChI=1S/C22H32NO10P/c1-5-30-18(24)13-17(22(28)31-6-2)19(21(26)27)23-20(25)16-11-9-15(10-12-16)14-34(29,32-7-3)33-8-4/h9-12,17,19H,5-8,13-14H2,1-4H3,(H,23,25)(H,26,27)/t17-,19+/m0/s1. The van der Waals surface area contributed by atoms with Gasteiger partial charge in [0.05, 0.1) is 44.9 Å². The molecule has 0 aromatic heterocycles. The van der Waals surface area contributed by atoms with Crippen LogP contribution in [0, 0.1) is 5.92 Å². The highest BCUT2D eigenvalue weighted by molar-refractivity contribution is 7.53. The van der Waals surface area contributed by atoms with Crippen LogP contribution in [-0.2, 0) is 43.6 Å². The van der Waals surface area contributed by atoms with Crippen LogP contribution in [0.3, 0.4) is 0 Å². The first-order valence-electron chi connectivity index (χ1n) is 10.9. The molecule has 0 aliphatic carbocycles. The van der Waals surface area contributed by atoms with Crippen molar-refractivity contribution in [2.24, 2.45) is 5.92 Å². The van der Waals surface area contributed by atoms with Crippen molar-refractivity contribution in [2.45, 2.75) is 46.3 Å². The molecule has 1 aromatic rings. The summed E-state index contributed by atoms with van der Waals surface area (Å²) in [4.78, 5) is 48.8. The maximum Gasteiger partial charge on any atom is 0.335 e. The first kappa shape index (κ1) is 29.3. The lowest BCUT2D eigenvalue weighted by atomic mass is 9.95. The van der Waals surface area contributed by atoms with Crippen LogP contribution >= 0.6 is 7.60 Å². The molecule has 0 heterocycles. The number of esters is 2. The molecule has 0 spiro atoms. The Balaban J connectivity index is 3.05. The molecular formula is C22H32NO10P. The smallest absolute Gasteiger partial charge is 0.335 e. The Morgan fingerprint density at radius 3 is 1.94 bits per heavy atom. The van der Waals surface area contributed by atoms with Crippen LogP contribution in [-0.4, -0.2) is 61.4 Å². The van der Waals surface area contributed by atoms with Crippen LogP contribution in [0.25, 0.3) is 0 Å². The lowest BCUT2D eigenvalue weighted by Gasteiger charge is -2.23. The van der Waals surface area contributed by atoms with E-state index in [1.807, 2.05) is 0 Å². The van der Waals surface area contributed by atoms with Gasteiger partial charge in [0.25, 0.3) is 5.91 Å². The molecule has 2 atom stereocenters. The third-order valence-electron chi connectivity index (χ3n) is 4.48. The third-order valence-corrected chi connectivity index (χ3v) is 6.54. The molecule has 0 radical (unpaired) electrons. The van der Waals surface area contributed by atoms with Gasteiger partial charge in [-0.1, -0.05) is 12.1 Å². The van der Waals surface area contributed by atoms with Gasteiger partial charge in [-0.2, -0.15) is 0 Å². The zero-order chi connectivity index (χ0) is 25.7. The molecule has 190 valence electrons. The van der Waals surface area contributed by atoms with E-state index in [1.54, 1.807) is 20.8 Å². The molecule has 1 rings (SSSR count). The SMILES string of the molecule is CCOC(=O)C[C@H](C(=O)OCC)[C@@H](NC(=O)c1ccc(CP(=O)(OCC)OCC)cc1)C(=O)O. The summed E-state index contributed by atoms with van der Waals surface area (Å²) in [5.41, 5.74) is 0.680. The summed E-state index contributed by atoms with van der Waals surface area (Å²) in [7, 11) is -3.34. The minimum Gasteiger partial charge on any atom is -0.480 e. The number of hydrogen-bond acceptors (Lipinski definition) is 9. The maximum atomic E-state index is 12.7. The van der Waals surface area contributed by atoms with Crippen LogP contribution in [0.15, 0.2) is 24.3 Å². The minimum atomic E-state index is -3.34. The van der Waals surface area contributed by atoms with Crippen molar-refractivity contribution < 1.29 is 47.4 Å².